The van der Waals surface area contributed by atoms with Gasteiger partial charge in [0.1, 0.15) is 0 Å². The van der Waals surface area contributed by atoms with Crippen LogP contribution in [0.1, 0.15) is 12.0 Å². The van der Waals surface area contributed by atoms with Crippen molar-refractivity contribution in [3.8, 4) is 0 Å². The molecule has 1 nitrogen and oxygen atoms in total. The van der Waals surface area contributed by atoms with Crippen LogP contribution in [0.3, 0.4) is 0 Å². The summed E-state index contributed by atoms with van der Waals surface area (Å²) in [5.41, 5.74) is 1.46. The Morgan fingerprint density at radius 2 is 2.21 bits per heavy atom. The lowest BCUT2D eigenvalue weighted by atomic mass is 9.76. The molecule has 2 rings (SSSR count). The number of thiol groups is 1. The summed E-state index contributed by atoms with van der Waals surface area (Å²) in [6, 6.07) is 8.06. The molecule has 1 aliphatic heterocycles. The first kappa shape index (κ1) is 10.3. The Hall–Kier alpha value is -0.180. The van der Waals surface area contributed by atoms with Gasteiger partial charge in [0.25, 0.3) is 0 Å². The summed E-state index contributed by atoms with van der Waals surface area (Å²) in [5.74, 6) is 0.885. The first-order chi connectivity index (χ1) is 6.77. The van der Waals surface area contributed by atoms with Crippen molar-refractivity contribution in [1.29, 1.82) is 0 Å². The van der Waals surface area contributed by atoms with Crippen molar-refractivity contribution in [2.45, 2.75) is 11.8 Å². The van der Waals surface area contributed by atoms with Gasteiger partial charge in [-0.05, 0) is 29.9 Å². The Labute approximate surface area is 94.8 Å². The maximum Gasteiger partial charge on any atom is 0.0585 e. The van der Waals surface area contributed by atoms with Gasteiger partial charge in [-0.2, -0.15) is 12.6 Å². The largest absolute Gasteiger partial charge is 0.379 e. The van der Waals surface area contributed by atoms with Crippen molar-refractivity contribution < 1.29 is 4.74 Å². The van der Waals surface area contributed by atoms with Crippen LogP contribution in [-0.4, -0.2) is 19.0 Å². The van der Waals surface area contributed by atoms with Gasteiger partial charge in [-0.25, -0.2) is 0 Å². The molecular formula is C11H13ClOS. The van der Waals surface area contributed by atoms with Gasteiger partial charge in [-0.15, -0.1) is 0 Å². The molecule has 1 aliphatic rings. The predicted molar refractivity (Wildman–Crippen MR) is 62.4 cm³/mol. The third-order valence-corrected chi connectivity index (χ3v) is 3.24. The van der Waals surface area contributed by atoms with Crippen LogP contribution in [0.25, 0.3) is 0 Å². The lowest BCUT2D eigenvalue weighted by molar-refractivity contribution is -0.0613. The van der Waals surface area contributed by atoms with E-state index in [1.54, 1.807) is 0 Å². The maximum absolute atomic E-state index is 5.97. The zero-order valence-corrected chi connectivity index (χ0v) is 9.52. The minimum Gasteiger partial charge on any atom is -0.379 e. The summed E-state index contributed by atoms with van der Waals surface area (Å²) in [6.07, 6.45) is 1.05. The number of ether oxygens (including phenoxy) is 1. The Morgan fingerprint density at radius 3 is 2.71 bits per heavy atom. The minimum atomic E-state index is 0.173. The highest BCUT2D eigenvalue weighted by molar-refractivity contribution is 7.80. The van der Waals surface area contributed by atoms with Crippen LogP contribution in [0, 0.1) is 0 Å². The normalized spacial score (nSPS) is 19.0. The summed E-state index contributed by atoms with van der Waals surface area (Å²) < 4.78 is 5.31. The van der Waals surface area contributed by atoms with Crippen molar-refractivity contribution >= 4 is 24.2 Å². The Morgan fingerprint density at radius 1 is 1.43 bits per heavy atom. The van der Waals surface area contributed by atoms with Crippen molar-refractivity contribution in [3.63, 3.8) is 0 Å². The molecule has 0 spiro atoms. The Balaban J connectivity index is 2.27. The number of halogens is 1. The molecule has 76 valence electrons. The van der Waals surface area contributed by atoms with Gasteiger partial charge < -0.3 is 4.74 Å². The second-order valence-corrected chi connectivity index (χ2v) is 4.64. The average molecular weight is 229 g/mol. The fourth-order valence-corrected chi connectivity index (χ4v) is 2.45. The van der Waals surface area contributed by atoms with E-state index in [4.69, 9.17) is 16.3 Å². The van der Waals surface area contributed by atoms with E-state index in [1.165, 1.54) is 5.56 Å². The van der Waals surface area contributed by atoms with Crippen LogP contribution in [0.5, 0.6) is 0 Å². The Kier molecular flexibility index (Phi) is 3.05. The van der Waals surface area contributed by atoms with E-state index < -0.39 is 0 Å². The molecule has 0 bridgehead atoms. The van der Waals surface area contributed by atoms with Gasteiger partial charge in [0, 0.05) is 10.4 Å². The molecule has 1 aromatic carbocycles. The van der Waals surface area contributed by atoms with Crippen molar-refractivity contribution in [2.24, 2.45) is 0 Å². The molecule has 0 aromatic heterocycles. The number of hydrogen-bond acceptors (Lipinski definition) is 2. The molecule has 0 radical (unpaired) electrons. The average Bonchev–Trinajstić information content (AvgIpc) is 2.11. The summed E-state index contributed by atoms with van der Waals surface area (Å²) >= 11 is 10.3. The van der Waals surface area contributed by atoms with Gasteiger partial charge in [0.05, 0.1) is 13.2 Å². The summed E-state index contributed by atoms with van der Waals surface area (Å²) in [7, 11) is 0. The standard InChI is InChI=1S/C11H13ClOS/c12-10-3-1-2-9(6-10)11(4-5-14)7-13-8-11/h1-3,6,14H,4-5,7-8H2. The molecule has 0 atom stereocenters. The van der Waals surface area contributed by atoms with Crippen LogP contribution in [0.4, 0.5) is 0 Å². The topological polar surface area (TPSA) is 9.23 Å². The summed E-state index contributed by atoms with van der Waals surface area (Å²) in [4.78, 5) is 0. The van der Waals surface area contributed by atoms with Crippen LogP contribution in [0.2, 0.25) is 5.02 Å². The first-order valence-electron chi connectivity index (χ1n) is 4.71. The fraction of sp³-hybridized carbons (Fsp3) is 0.455. The van der Waals surface area contributed by atoms with Crippen LogP contribution >= 0.6 is 24.2 Å². The Bertz CT molecular complexity index is 323. The van der Waals surface area contributed by atoms with E-state index in [1.807, 2.05) is 18.2 Å². The molecule has 3 heteroatoms. The molecule has 0 aliphatic carbocycles. The zero-order chi connectivity index (χ0) is 10.0. The van der Waals surface area contributed by atoms with Gasteiger partial charge in [0.2, 0.25) is 0 Å². The van der Waals surface area contributed by atoms with Crippen LogP contribution < -0.4 is 0 Å². The second-order valence-electron chi connectivity index (χ2n) is 3.76. The molecule has 0 N–H and O–H groups in total. The number of hydrogen-bond donors (Lipinski definition) is 1. The van der Waals surface area contributed by atoms with Gasteiger partial charge in [-0.3, -0.25) is 0 Å². The molecule has 1 fully saturated rings. The molecule has 1 aromatic rings. The molecule has 1 saturated heterocycles. The fourth-order valence-electron chi connectivity index (χ4n) is 1.84. The summed E-state index contributed by atoms with van der Waals surface area (Å²) in [6.45, 7) is 1.60. The second kappa shape index (κ2) is 4.13. The van der Waals surface area contributed by atoms with Gasteiger partial charge in [0.15, 0.2) is 0 Å². The highest BCUT2D eigenvalue weighted by Crippen LogP contribution is 2.36. The van der Waals surface area contributed by atoms with Gasteiger partial charge in [-0.1, -0.05) is 23.7 Å². The van der Waals surface area contributed by atoms with Gasteiger partial charge >= 0.3 is 0 Å². The van der Waals surface area contributed by atoms with Crippen LogP contribution in [-0.2, 0) is 10.2 Å². The van der Waals surface area contributed by atoms with E-state index in [0.29, 0.717) is 0 Å². The van der Waals surface area contributed by atoms with Crippen molar-refractivity contribution in [1.82, 2.24) is 0 Å². The maximum atomic E-state index is 5.97. The predicted octanol–water partition coefficient (Wildman–Crippen LogP) is 2.93. The molecule has 0 unspecified atom stereocenters. The third-order valence-electron chi connectivity index (χ3n) is 2.78. The molecular weight excluding hydrogens is 216 g/mol. The summed E-state index contributed by atoms with van der Waals surface area (Å²) in [5, 5.41) is 0.799. The minimum absolute atomic E-state index is 0.173. The molecule has 0 saturated carbocycles. The SMILES string of the molecule is SCCC1(c2cccc(Cl)c2)COC1. The van der Waals surface area contributed by atoms with Crippen molar-refractivity contribution in [3.05, 3.63) is 34.9 Å². The zero-order valence-electron chi connectivity index (χ0n) is 7.87. The van der Waals surface area contributed by atoms with Crippen LogP contribution in [0.15, 0.2) is 24.3 Å². The number of benzene rings is 1. The van der Waals surface area contributed by atoms with Crippen molar-refractivity contribution in [2.75, 3.05) is 19.0 Å². The number of rotatable bonds is 3. The third kappa shape index (κ3) is 1.79. The highest BCUT2D eigenvalue weighted by Gasteiger charge is 2.39. The van der Waals surface area contributed by atoms with E-state index in [2.05, 4.69) is 18.7 Å². The molecule has 1 heterocycles. The van der Waals surface area contributed by atoms with E-state index in [-0.39, 0.29) is 5.41 Å². The molecule has 14 heavy (non-hydrogen) atoms. The molecule has 0 amide bonds. The lowest BCUT2D eigenvalue weighted by Gasteiger charge is -2.42. The lowest BCUT2D eigenvalue weighted by Crippen LogP contribution is -2.47. The quantitative estimate of drug-likeness (QED) is 0.783. The highest BCUT2D eigenvalue weighted by atomic mass is 35.5. The first-order valence-corrected chi connectivity index (χ1v) is 5.73. The van der Waals surface area contributed by atoms with E-state index in [9.17, 15) is 0 Å². The van der Waals surface area contributed by atoms with E-state index in [0.717, 1.165) is 30.4 Å². The monoisotopic (exact) mass is 228 g/mol. The van der Waals surface area contributed by atoms with E-state index >= 15 is 0 Å². The smallest absolute Gasteiger partial charge is 0.0585 e.